The SMILES string of the molecule is CC(C)(C)OC(=O)n1ccc2c(OC(F)(F)F)cccc21. The molecule has 1 heterocycles. The van der Waals surface area contributed by atoms with Crippen LogP contribution in [0.15, 0.2) is 30.5 Å². The third kappa shape index (κ3) is 3.68. The molecular weight excluding hydrogens is 287 g/mol. The van der Waals surface area contributed by atoms with Gasteiger partial charge in [0.15, 0.2) is 0 Å². The van der Waals surface area contributed by atoms with Crippen LogP contribution in [0.25, 0.3) is 10.9 Å². The number of benzene rings is 1. The fourth-order valence-corrected chi connectivity index (χ4v) is 1.82. The van der Waals surface area contributed by atoms with Gasteiger partial charge in [0, 0.05) is 11.6 Å². The molecule has 1 aromatic carbocycles. The average molecular weight is 301 g/mol. The number of halogens is 3. The summed E-state index contributed by atoms with van der Waals surface area (Å²) in [5, 5.41) is 0.181. The van der Waals surface area contributed by atoms with E-state index in [9.17, 15) is 18.0 Å². The maximum Gasteiger partial charge on any atom is 0.573 e. The largest absolute Gasteiger partial charge is 0.573 e. The summed E-state index contributed by atoms with van der Waals surface area (Å²) in [4.78, 5) is 12.0. The van der Waals surface area contributed by atoms with Crippen molar-refractivity contribution in [3.63, 3.8) is 0 Å². The van der Waals surface area contributed by atoms with Gasteiger partial charge in [-0.15, -0.1) is 13.2 Å². The number of nitrogens with zero attached hydrogens (tertiary/aromatic N) is 1. The molecule has 0 radical (unpaired) electrons. The molecule has 2 rings (SSSR count). The average Bonchev–Trinajstić information content (AvgIpc) is 2.69. The van der Waals surface area contributed by atoms with Crippen molar-refractivity contribution >= 4 is 17.0 Å². The number of hydrogen-bond acceptors (Lipinski definition) is 3. The number of hydrogen-bond donors (Lipinski definition) is 0. The van der Waals surface area contributed by atoms with Gasteiger partial charge in [-0.3, -0.25) is 4.57 Å². The zero-order chi connectivity index (χ0) is 15.8. The number of alkyl halides is 3. The Morgan fingerprint density at radius 1 is 1.14 bits per heavy atom. The van der Waals surface area contributed by atoms with E-state index in [0.717, 1.165) is 4.57 Å². The van der Waals surface area contributed by atoms with E-state index in [2.05, 4.69) is 4.74 Å². The first-order valence-electron chi connectivity index (χ1n) is 6.16. The topological polar surface area (TPSA) is 40.5 Å². The van der Waals surface area contributed by atoms with Crippen LogP contribution in [0.4, 0.5) is 18.0 Å². The monoisotopic (exact) mass is 301 g/mol. The van der Waals surface area contributed by atoms with E-state index in [4.69, 9.17) is 4.74 Å². The van der Waals surface area contributed by atoms with Crippen LogP contribution in [-0.4, -0.2) is 22.6 Å². The second-order valence-electron chi connectivity index (χ2n) is 5.40. The lowest BCUT2D eigenvalue weighted by molar-refractivity contribution is -0.274. The Hall–Kier alpha value is -2.18. The molecule has 0 fully saturated rings. The lowest BCUT2D eigenvalue weighted by Crippen LogP contribution is -2.26. The van der Waals surface area contributed by atoms with Gasteiger partial charge < -0.3 is 9.47 Å². The highest BCUT2D eigenvalue weighted by Gasteiger charge is 2.32. The maximum absolute atomic E-state index is 12.3. The van der Waals surface area contributed by atoms with Crippen molar-refractivity contribution in [2.45, 2.75) is 32.7 Å². The van der Waals surface area contributed by atoms with Gasteiger partial charge in [0.25, 0.3) is 0 Å². The lowest BCUT2D eigenvalue weighted by atomic mass is 10.2. The summed E-state index contributed by atoms with van der Waals surface area (Å²) in [7, 11) is 0. The van der Waals surface area contributed by atoms with Crippen LogP contribution < -0.4 is 4.74 Å². The van der Waals surface area contributed by atoms with Gasteiger partial charge >= 0.3 is 12.5 Å². The highest BCUT2D eigenvalue weighted by Crippen LogP contribution is 2.31. The zero-order valence-corrected chi connectivity index (χ0v) is 11.7. The van der Waals surface area contributed by atoms with E-state index in [-0.39, 0.29) is 16.7 Å². The van der Waals surface area contributed by atoms with Crippen LogP contribution >= 0.6 is 0 Å². The first kappa shape index (κ1) is 15.2. The molecule has 0 saturated carbocycles. The molecule has 2 aromatic rings. The van der Waals surface area contributed by atoms with Crippen LogP contribution in [0.3, 0.4) is 0 Å². The Kier molecular flexibility index (Phi) is 3.61. The predicted octanol–water partition coefficient (Wildman–Crippen LogP) is 4.32. The quantitative estimate of drug-likeness (QED) is 0.787. The highest BCUT2D eigenvalue weighted by molar-refractivity contribution is 5.93. The highest BCUT2D eigenvalue weighted by atomic mass is 19.4. The van der Waals surface area contributed by atoms with Gasteiger partial charge in [-0.25, -0.2) is 4.79 Å². The van der Waals surface area contributed by atoms with Crippen LogP contribution in [0.2, 0.25) is 0 Å². The minimum atomic E-state index is -4.79. The molecule has 0 saturated heterocycles. The molecule has 0 unspecified atom stereocenters. The van der Waals surface area contributed by atoms with Crippen molar-refractivity contribution in [3.05, 3.63) is 30.5 Å². The fourth-order valence-electron chi connectivity index (χ4n) is 1.82. The molecule has 114 valence electrons. The number of aromatic nitrogens is 1. The fraction of sp³-hybridized carbons (Fsp3) is 0.357. The third-order valence-electron chi connectivity index (χ3n) is 2.51. The Morgan fingerprint density at radius 2 is 1.81 bits per heavy atom. The van der Waals surface area contributed by atoms with Crippen molar-refractivity contribution in [1.82, 2.24) is 4.57 Å². The van der Waals surface area contributed by atoms with E-state index in [1.807, 2.05) is 0 Å². The van der Waals surface area contributed by atoms with Gasteiger partial charge in [-0.1, -0.05) is 6.07 Å². The van der Waals surface area contributed by atoms with Crippen molar-refractivity contribution in [1.29, 1.82) is 0 Å². The predicted molar refractivity (Wildman–Crippen MR) is 70.3 cm³/mol. The molecule has 7 heteroatoms. The van der Waals surface area contributed by atoms with Crippen LogP contribution in [0.1, 0.15) is 20.8 Å². The van der Waals surface area contributed by atoms with Gasteiger partial charge in [0.05, 0.1) is 5.52 Å². The Bertz CT molecular complexity index is 668. The summed E-state index contributed by atoms with van der Waals surface area (Å²) < 4.78 is 47.3. The molecule has 0 aliphatic carbocycles. The van der Waals surface area contributed by atoms with Crippen molar-refractivity contribution in [3.8, 4) is 5.75 Å². The zero-order valence-electron chi connectivity index (χ0n) is 11.7. The number of carbonyl (C=O) groups is 1. The Balaban J connectivity index is 2.41. The second-order valence-corrected chi connectivity index (χ2v) is 5.40. The molecule has 1 aromatic heterocycles. The number of rotatable bonds is 1. The van der Waals surface area contributed by atoms with Gasteiger partial charge in [-0.05, 0) is 39.0 Å². The van der Waals surface area contributed by atoms with Gasteiger partial charge in [0.2, 0.25) is 0 Å². The summed E-state index contributed by atoms with van der Waals surface area (Å²) in [6.07, 6.45) is -4.11. The second kappa shape index (κ2) is 4.98. The normalized spacial score (nSPS) is 12.5. The molecule has 0 bridgehead atoms. The van der Waals surface area contributed by atoms with Crippen LogP contribution in [0, 0.1) is 0 Å². The number of fused-ring (bicyclic) bond motifs is 1. The summed E-state index contributed by atoms with van der Waals surface area (Å²) in [6, 6.07) is 5.46. The van der Waals surface area contributed by atoms with Gasteiger partial charge in [-0.2, -0.15) is 0 Å². The summed E-state index contributed by atoms with van der Waals surface area (Å²) in [5.41, 5.74) is -0.417. The maximum atomic E-state index is 12.3. The number of carbonyl (C=O) groups excluding carboxylic acids is 1. The first-order valence-corrected chi connectivity index (χ1v) is 6.16. The van der Waals surface area contributed by atoms with Crippen LogP contribution in [0.5, 0.6) is 5.75 Å². The molecule has 0 amide bonds. The van der Waals surface area contributed by atoms with Crippen molar-refractivity contribution < 1.29 is 27.4 Å². The summed E-state index contributed by atoms with van der Waals surface area (Å²) in [6.45, 7) is 5.11. The summed E-state index contributed by atoms with van der Waals surface area (Å²) >= 11 is 0. The van der Waals surface area contributed by atoms with Crippen molar-refractivity contribution in [2.24, 2.45) is 0 Å². The Morgan fingerprint density at radius 3 is 2.38 bits per heavy atom. The molecule has 0 aliphatic heterocycles. The molecular formula is C14H14F3NO3. The minimum absolute atomic E-state index is 0.181. The molecule has 0 N–H and O–H groups in total. The Labute approximate surface area is 119 Å². The summed E-state index contributed by atoms with van der Waals surface area (Å²) in [5.74, 6) is -0.359. The number of ether oxygens (including phenoxy) is 2. The molecule has 0 aliphatic rings. The smallest absolute Gasteiger partial charge is 0.443 e. The van der Waals surface area contributed by atoms with E-state index in [1.165, 1.54) is 30.5 Å². The standard InChI is InChI=1S/C14H14F3NO3/c1-13(2,3)21-12(19)18-8-7-9-10(18)5-4-6-11(9)20-14(15,16)17/h4-8H,1-3H3. The van der Waals surface area contributed by atoms with E-state index in [1.54, 1.807) is 20.8 Å². The molecule has 0 atom stereocenters. The molecule has 21 heavy (non-hydrogen) atoms. The van der Waals surface area contributed by atoms with Crippen LogP contribution in [-0.2, 0) is 4.74 Å². The minimum Gasteiger partial charge on any atom is -0.443 e. The third-order valence-corrected chi connectivity index (χ3v) is 2.51. The van der Waals surface area contributed by atoms with E-state index < -0.39 is 18.1 Å². The first-order chi connectivity index (χ1) is 9.57. The van der Waals surface area contributed by atoms with E-state index in [0.29, 0.717) is 0 Å². The molecule has 4 nitrogen and oxygen atoms in total. The lowest BCUT2D eigenvalue weighted by Gasteiger charge is -2.19. The molecule has 0 spiro atoms. The van der Waals surface area contributed by atoms with E-state index >= 15 is 0 Å². The van der Waals surface area contributed by atoms with Crippen molar-refractivity contribution in [2.75, 3.05) is 0 Å². The van der Waals surface area contributed by atoms with Gasteiger partial charge in [0.1, 0.15) is 11.4 Å².